The fourth-order valence-corrected chi connectivity index (χ4v) is 6.51. The first-order chi connectivity index (χ1) is 13.7. The van der Waals surface area contributed by atoms with Crippen molar-refractivity contribution in [3.8, 4) is 0 Å². The van der Waals surface area contributed by atoms with E-state index in [0.717, 1.165) is 13.1 Å². The van der Waals surface area contributed by atoms with Crippen molar-refractivity contribution in [2.24, 2.45) is 11.3 Å². The molecule has 6 heteroatoms. The third-order valence-corrected chi connectivity index (χ3v) is 7.94. The Morgan fingerprint density at radius 1 is 1.32 bits per heavy atom. The second-order valence-electron chi connectivity index (χ2n) is 8.34. The molecule has 1 aromatic rings. The lowest BCUT2D eigenvalue weighted by molar-refractivity contribution is -0.125. The molecular weight excluding hydrogens is 372 g/mol. The van der Waals surface area contributed by atoms with Crippen LogP contribution in [0, 0.1) is 11.3 Å². The number of benzene rings is 1. The molecule has 2 heterocycles. The van der Waals surface area contributed by atoms with Crippen molar-refractivity contribution < 1.29 is 14.6 Å². The summed E-state index contributed by atoms with van der Waals surface area (Å²) in [4.78, 5) is 14.6. The molecule has 4 atom stereocenters. The number of nitrogens with one attached hydrogen (secondary N) is 1. The molecule has 0 aromatic heterocycles. The van der Waals surface area contributed by atoms with Crippen molar-refractivity contribution in [3.63, 3.8) is 0 Å². The zero-order valence-electron chi connectivity index (χ0n) is 16.7. The van der Waals surface area contributed by atoms with Crippen molar-refractivity contribution in [1.29, 1.82) is 0 Å². The Kier molecular flexibility index (Phi) is 6.30. The van der Waals surface area contributed by atoms with Crippen LogP contribution in [0.1, 0.15) is 31.2 Å². The van der Waals surface area contributed by atoms with Crippen molar-refractivity contribution in [1.82, 2.24) is 10.2 Å². The van der Waals surface area contributed by atoms with Crippen LogP contribution in [0.3, 0.4) is 0 Å². The van der Waals surface area contributed by atoms with Gasteiger partial charge in [-0.1, -0.05) is 30.3 Å². The predicted octanol–water partition coefficient (Wildman–Crippen LogP) is 2.11. The van der Waals surface area contributed by atoms with Crippen LogP contribution in [-0.2, 0) is 9.53 Å². The number of nitrogens with zero attached hydrogens (tertiary/aromatic N) is 1. The number of amides is 1. The Hall–Kier alpha value is -1.08. The monoisotopic (exact) mass is 404 g/mol. The lowest BCUT2D eigenvalue weighted by Crippen LogP contribution is -2.37. The molecule has 3 fully saturated rings. The van der Waals surface area contributed by atoms with E-state index in [1.165, 1.54) is 29.9 Å². The Morgan fingerprint density at radius 3 is 2.79 bits per heavy atom. The number of rotatable bonds is 7. The number of ether oxygens (including phenoxy) is 1. The summed E-state index contributed by atoms with van der Waals surface area (Å²) >= 11 is 2.04. The van der Waals surface area contributed by atoms with Gasteiger partial charge in [0.25, 0.3) is 0 Å². The molecule has 1 aromatic carbocycles. The SMILES string of the molecule is CCOCC(=O)NC[C@@H]1[C@@H](c2ccccc2)[C@]12CN(C1CCSCC1)C[C@@H]2O. The number of aliphatic hydroxyl groups excluding tert-OH is 1. The van der Waals surface area contributed by atoms with Crippen molar-refractivity contribution in [2.45, 2.75) is 37.8 Å². The highest BCUT2D eigenvalue weighted by molar-refractivity contribution is 7.99. The fourth-order valence-electron chi connectivity index (χ4n) is 5.43. The number of likely N-dealkylation sites (tertiary alicyclic amines) is 1. The van der Waals surface area contributed by atoms with Gasteiger partial charge in [0.15, 0.2) is 0 Å². The van der Waals surface area contributed by atoms with Crippen molar-refractivity contribution >= 4 is 17.7 Å². The molecule has 2 aliphatic heterocycles. The third-order valence-electron chi connectivity index (χ3n) is 6.89. The molecule has 154 valence electrons. The van der Waals surface area contributed by atoms with E-state index in [-0.39, 0.29) is 30.0 Å². The summed E-state index contributed by atoms with van der Waals surface area (Å²) < 4.78 is 5.22. The Balaban J connectivity index is 1.48. The second kappa shape index (κ2) is 8.74. The van der Waals surface area contributed by atoms with Crippen LogP contribution in [0.25, 0.3) is 0 Å². The molecule has 0 unspecified atom stereocenters. The highest BCUT2D eigenvalue weighted by Gasteiger charge is 2.71. The van der Waals surface area contributed by atoms with E-state index in [0.29, 0.717) is 25.1 Å². The van der Waals surface area contributed by atoms with Gasteiger partial charge in [0, 0.05) is 37.7 Å². The van der Waals surface area contributed by atoms with Crippen molar-refractivity contribution in [3.05, 3.63) is 35.9 Å². The predicted molar refractivity (Wildman–Crippen MR) is 113 cm³/mol. The van der Waals surface area contributed by atoms with Crippen molar-refractivity contribution in [2.75, 3.05) is 44.4 Å². The molecule has 0 bridgehead atoms. The molecule has 0 radical (unpaired) electrons. The van der Waals surface area contributed by atoms with E-state index in [9.17, 15) is 9.90 Å². The maximum Gasteiger partial charge on any atom is 0.246 e. The fraction of sp³-hybridized carbons (Fsp3) is 0.682. The number of thioether (sulfide) groups is 1. The standard InChI is InChI=1S/C22H32N2O3S/c1-2-27-14-20(26)23-12-18-21(16-6-4-3-5-7-16)22(18)15-24(13-19(22)25)17-8-10-28-11-9-17/h3-7,17-19,21,25H,2,8-15H2,1H3,(H,23,26)/t18-,19+,21-,22-/m1/s1. The van der Waals surface area contributed by atoms with Crippen LogP contribution < -0.4 is 5.32 Å². The van der Waals surface area contributed by atoms with E-state index in [1.54, 1.807) is 0 Å². The summed E-state index contributed by atoms with van der Waals surface area (Å²) in [7, 11) is 0. The van der Waals surface area contributed by atoms with E-state index >= 15 is 0 Å². The highest BCUT2D eigenvalue weighted by atomic mass is 32.2. The van der Waals surface area contributed by atoms with Crippen LogP contribution in [-0.4, -0.2) is 72.4 Å². The van der Waals surface area contributed by atoms with Crippen LogP contribution >= 0.6 is 11.8 Å². The first-order valence-corrected chi connectivity index (χ1v) is 11.7. The number of carbonyl (C=O) groups excluding carboxylic acids is 1. The summed E-state index contributed by atoms with van der Waals surface area (Å²) in [6.45, 7) is 4.86. The number of aliphatic hydroxyl groups is 1. The zero-order chi connectivity index (χ0) is 19.6. The molecule has 5 nitrogen and oxygen atoms in total. The van der Waals surface area contributed by atoms with Gasteiger partial charge in [-0.2, -0.15) is 11.8 Å². The maximum atomic E-state index is 12.1. The van der Waals surface area contributed by atoms with E-state index in [1.807, 2.05) is 24.8 Å². The molecule has 1 saturated carbocycles. The van der Waals surface area contributed by atoms with Gasteiger partial charge >= 0.3 is 0 Å². The molecule has 1 spiro atoms. The summed E-state index contributed by atoms with van der Waals surface area (Å²) in [5.74, 6) is 2.97. The number of carbonyl (C=O) groups is 1. The quantitative estimate of drug-likeness (QED) is 0.729. The van der Waals surface area contributed by atoms with Gasteiger partial charge in [-0.05, 0) is 48.7 Å². The summed E-state index contributed by atoms with van der Waals surface area (Å²) in [5.41, 5.74) is 1.15. The highest BCUT2D eigenvalue weighted by Crippen LogP contribution is 2.69. The number of hydrogen-bond donors (Lipinski definition) is 2. The lowest BCUT2D eigenvalue weighted by atomic mass is 9.95. The van der Waals surface area contributed by atoms with Gasteiger partial charge in [-0.15, -0.1) is 0 Å². The molecule has 28 heavy (non-hydrogen) atoms. The minimum absolute atomic E-state index is 0.0654. The average Bonchev–Trinajstić information content (AvgIpc) is 3.25. The van der Waals surface area contributed by atoms with Gasteiger partial charge in [0.1, 0.15) is 6.61 Å². The van der Waals surface area contributed by atoms with Gasteiger partial charge in [0.2, 0.25) is 5.91 Å². The largest absolute Gasteiger partial charge is 0.391 e. The third kappa shape index (κ3) is 3.84. The molecular formula is C22H32N2O3S. The van der Waals surface area contributed by atoms with Gasteiger partial charge in [0.05, 0.1) is 6.10 Å². The minimum Gasteiger partial charge on any atom is -0.391 e. The first kappa shape index (κ1) is 20.2. The minimum atomic E-state index is -0.332. The topological polar surface area (TPSA) is 61.8 Å². The second-order valence-corrected chi connectivity index (χ2v) is 9.56. The Morgan fingerprint density at radius 2 is 2.07 bits per heavy atom. The van der Waals surface area contributed by atoms with Gasteiger partial charge in [-0.3, -0.25) is 9.69 Å². The first-order valence-electron chi connectivity index (χ1n) is 10.6. The molecule has 4 rings (SSSR count). The van der Waals surface area contributed by atoms with E-state index in [2.05, 4.69) is 34.5 Å². The van der Waals surface area contributed by atoms with E-state index in [4.69, 9.17) is 4.74 Å². The summed E-state index contributed by atoms with van der Waals surface area (Å²) in [5, 5.41) is 14.2. The van der Waals surface area contributed by atoms with Gasteiger partial charge in [-0.25, -0.2) is 0 Å². The lowest BCUT2D eigenvalue weighted by Gasteiger charge is -2.30. The Labute approximate surface area is 172 Å². The molecule has 2 N–H and O–H groups in total. The average molecular weight is 405 g/mol. The Bertz CT molecular complexity index is 667. The van der Waals surface area contributed by atoms with Crippen LogP contribution in [0.5, 0.6) is 0 Å². The van der Waals surface area contributed by atoms with E-state index < -0.39 is 0 Å². The number of β-amino-alcohol motifs (C(OH)–C–C–N with tert-alkyl or cyclic N) is 1. The zero-order valence-corrected chi connectivity index (χ0v) is 17.5. The van der Waals surface area contributed by atoms with Crippen LogP contribution in [0.4, 0.5) is 0 Å². The van der Waals surface area contributed by atoms with Crippen LogP contribution in [0.15, 0.2) is 30.3 Å². The normalized spacial score (nSPS) is 33.3. The smallest absolute Gasteiger partial charge is 0.246 e. The van der Waals surface area contributed by atoms with Crippen LogP contribution in [0.2, 0.25) is 0 Å². The molecule has 3 aliphatic rings. The summed E-state index contributed by atoms with van der Waals surface area (Å²) in [6, 6.07) is 11.1. The van der Waals surface area contributed by atoms with Gasteiger partial charge < -0.3 is 15.2 Å². The molecule has 1 amide bonds. The molecule has 2 saturated heterocycles. The summed E-state index contributed by atoms with van der Waals surface area (Å²) in [6.07, 6.45) is 2.11. The maximum absolute atomic E-state index is 12.1. The number of hydrogen-bond acceptors (Lipinski definition) is 5. The molecule has 1 aliphatic carbocycles.